The average molecular weight is 506 g/mol. The zero-order valence-electron chi connectivity index (χ0n) is 20.5. The maximum absolute atomic E-state index is 14.9. The lowest BCUT2D eigenvalue weighted by Crippen LogP contribution is -2.58. The molecule has 8 nitrogen and oxygen atoms in total. The molecule has 3 N–H and O–H groups in total. The fraction of sp³-hybridized carbons (Fsp3) is 0.423. The number of hydrogen-bond donors (Lipinski definition) is 3. The molecule has 2 rings (SSSR count). The number of alkyl halides is 2. The van der Waals surface area contributed by atoms with Gasteiger partial charge in [0.1, 0.15) is 12.7 Å². The fourth-order valence-corrected chi connectivity index (χ4v) is 3.55. The molecule has 2 aromatic carbocycles. The smallest absolute Gasteiger partial charge is 0.407 e. The fourth-order valence-electron chi connectivity index (χ4n) is 3.55. The first-order chi connectivity index (χ1) is 17.2. The highest BCUT2D eigenvalue weighted by atomic mass is 19.3. The van der Waals surface area contributed by atoms with E-state index in [0.717, 1.165) is 0 Å². The summed E-state index contributed by atoms with van der Waals surface area (Å²) in [6, 6.07) is 15.6. The van der Waals surface area contributed by atoms with Crippen molar-refractivity contribution in [3.05, 3.63) is 71.8 Å². The van der Waals surface area contributed by atoms with Crippen LogP contribution in [-0.2, 0) is 27.4 Å². The predicted octanol–water partition coefficient (Wildman–Crippen LogP) is 2.90. The quantitative estimate of drug-likeness (QED) is 0.388. The summed E-state index contributed by atoms with van der Waals surface area (Å²) in [5.74, 6) is -6.27. The van der Waals surface area contributed by atoms with Crippen LogP contribution in [0.15, 0.2) is 60.7 Å². The number of benzene rings is 2. The normalized spacial score (nSPS) is 12.8. The highest BCUT2D eigenvalue weighted by Crippen LogP contribution is 2.24. The van der Waals surface area contributed by atoms with Crippen molar-refractivity contribution >= 4 is 17.9 Å². The van der Waals surface area contributed by atoms with Gasteiger partial charge in [-0.15, -0.1) is 0 Å². The lowest BCUT2D eigenvalue weighted by atomic mass is 9.96. The van der Waals surface area contributed by atoms with E-state index in [0.29, 0.717) is 24.2 Å². The molecule has 0 aromatic heterocycles. The van der Waals surface area contributed by atoms with E-state index in [-0.39, 0.29) is 31.9 Å². The highest BCUT2D eigenvalue weighted by Gasteiger charge is 2.50. The molecule has 3 amide bonds. The third-order valence-corrected chi connectivity index (χ3v) is 5.61. The maximum atomic E-state index is 14.9. The Balaban J connectivity index is 2.05. The summed E-state index contributed by atoms with van der Waals surface area (Å²) < 4.78 is 35.0. The molecule has 0 saturated heterocycles. The Bertz CT molecular complexity index is 972. The van der Waals surface area contributed by atoms with E-state index in [1.807, 2.05) is 5.32 Å². The molecule has 0 radical (unpaired) electrons. The average Bonchev–Trinajstić information content (AvgIpc) is 2.88. The van der Waals surface area contributed by atoms with E-state index in [1.54, 1.807) is 74.5 Å². The number of nitrogens with one attached hydrogen (secondary N) is 2. The number of hydrogen-bond acceptors (Lipinski definition) is 5. The molecule has 2 atom stereocenters. The van der Waals surface area contributed by atoms with E-state index < -0.39 is 30.1 Å². The first-order valence-corrected chi connectivity index (χ1v) is 11.8. The minimum atomic E-state index is -4.25. The Morgan fingerprint density at radius 1 is 0.972 bits per heavy atom. The zero-order valence-corrected chi connectivity index (χ0v) is 20.5. The van der Waals surface area contributed by atoms with E-state index in [2.05, 4.69) is 5.32 Å². The van der Waals surface area contributed by atoms with Crippen LogP contribution in [0.4, 0.5) is 13.6 Å². The van der Waals surface area contributed by atoms with Crippen LogP contribution in [0, 0.1) is 0 Å². The van der Waals surface area contributed by atoms with Crippen molar-refractivity contribution in [1.29, 1.82) is 0 Å². The number of ether oxygens (including phenoxy) is 1. The number of carbonyl (C=O) groups excluding carboxylic acids is 3. The SMILES string of the molecule is CCN(CC)C(=O)CCNC(=O)C(F)(F)C(O)C(Cc1ccccc1)NC(=O)OCc1ccccc1. The molecular weight excluding hydrogens is 472 g/mol. The number of amides is 3. The van der Waals surface area contributed by atoms with Gasteiger partial charge in [-0.1, -0.05) is 60.7 Å². The molecule has 2 unspecified atom stereocenters. The maximum Gasteiger partial charge on any atom is 0.407 e. The lowest BCUT2D eigenvalue weighted by molar-refractivity contribution is -0.166. The number of nitrogens with zero attached hydrogens (tertiary/aromatic N) is 1. The third kappa shape index (κ3) is 8.60. The Kier molecular flexibility index (Phi) is 11.3. The van der Waals surface area contributed by atoms with E-state index in [1.165, 1.54) is 4.90 Å². The number of halogens is 2. The summed E-state index contributed by atoms with van der Waals surface area (Å²) in [7, 11) is 0. The zero-order chi connectivity index (χ0) is 26.6. The van der Waals surface area contributed by atoms with Gasteiger partial charge in [-0.2, -0.15) is 8.78 Å². The summed E-state index contributed by atoms with van der Waals surface area (Å²) in [5, 5.41) is 14.8. The van der Waals surface area contributed by atoms with Crippen molar-refractivity contribution < 1.29 is 33.0 Å². The Morgan fingerprint density at radius 2 is 1.53 bits per heavy atom. The second-order valence-corrected chi connectivity index (χ2v) is 8.14. The van der Waals surface area contributed by atoms with Gasteiger partial charge in [-0.05, 0) is 31.4 Å². The number of rotatable bonds is 13. The van der Waals surface area contributed by atoms with Crippen LogP contribution >= 0.6 is 0 Å². The van der Waals surface area contributed by atoms with Gasteiger partial charge in [0.15, 0.2) is 0 Å². The standard InChI is InChI=1S/C26H33F2N3O5/c1-3-31(4-2)22(32)15-16-29-24(34)26(27,28)23(33)21(17-19-11-7-5-8-12-19)30-25(35)36-18-20-13-9-6-10-14-20/h5-14,21,23,33H,3-4,15-18H2,1-2H3,(H,29,34)(H,30,35). The molecule has 0 aliphatic rings. The van der Waals surface area contributed by atoms with Crippen LogP contribution < -0.4 is 10.6 Å². The minimum absolute atomic E-state index is 0.0989. The molecule has 196 valence electrons. The molecule has 0 aliphatic heterocycles. The van der Waals surface area contributed by atoms with Crippen molar-refractivity contribution in [3.8, 4) is 0 Å². The number of carbonyl (C=O) groups is 3. The monoisotopic (exact) mass is 505 g/mol. The van der Waals surface area contributed by atoms with Crippen LogP contribution in [0.5, 0.6) is 0 Å². The van der Waals surface area contributed by atoms with Crippen molar-refractivity contribution in [3.63, 3.8) is 0 Å². The van der Waals surface area contributed by atoms with Crippen molar-refractivity contribution in [2.24, 2.45) is 0 Å². The van der Waals surface area contributed by atoms with Gasteiger partial charge in [0.25, 0.3) is 5.91 Å². The highest BCUT2D eigenvalue weighted by molar-refractivity contribution is 5.85. The number of aliphatic hydroxyl groups is 1. The molecule has 36 heavy (non-hydrogen) atoms. The van der Waals surface area contributed by atoms with Gasteiger partial charge >= 0.3 is 12.0 Å². The number of alkyl carbamates (subject to hydrolysis) is 1. The van der Waals surface area contributed by atoms with Crippen LogP contribution in [-0.4, -0.2) is 65.6 Å². The second kappa shape index (κ2) is 14.1. The van der Waals surface area contributed by atoms with Gasteiger partial charge in [0.2, 0.25) is 5.91 Å². The summed E-state index contributed by atoms with van der Waals surface area (Å²) in [5.41, 5.74) is 1.25. The van der Waals surface area contributed by atoms with Crippen LogP contribution in [0.3, 0.4) is 0 Å². The molecule has 0 aliphatic carbocycles. The molecule has 0 spiro atoms. The van der Waals surface area contributed by atoms with Crippen LogP contribution in [0.2, 0.25) is 0 Å². The van der Waals surface area contributed by atoms with E-state index >= 15 is 0 Å². The lowest BCUT2D eigenvalue weighted by Gasteiger charge is -2.29. The van der Waals surface area contributed by atoms with Crippen LogP contribution in [0.25, 0.3) is 0 Å². The molecule has 0 bridgehead atoms. The molecular formula is C26H33F2N3O5. The molecule has 0 fully saturated rings. The van der Waals surface area contributed by atoms with Gasteiger partial charge < -0.3 is 25.4 Å². The largest absolute Gasteiger partial charge is 0.445 e. The summed E-state index contributed by atoms with van der Waals surface area (Å²) in [6.07, 6.45) is -3.90. The summed E-state index contributed by atoms with van der Waals surface area (Å²) in [6.45, 7) is 4.09. The Labute approximate surface area is 209 Å². The first kappa shape index (κ1) is 28.7. The van der Waals surface area contributed by atoms with Crippen molar-refractivity contribution in [1.82, 2.24) is 15.5 Å². The predicted molar refractivity (Wildman–Crippen MR) is 130 cm³/mol. The third-order valence-electron chi connectivity index (χ3n) is 5.61. The molecule has 2 aromatic rings. The minimum Gasteiger partial charge on any atom is -0.445 e. The van der Waals surface area contributed by atoms with Crippen LogP contribution in [0.1, 0.15) is 31.4 Å². The van der Waals surface area contributed by atoms with Crippen molar-refractivity contribution in [2.75, 3.05) is 19.6 Å². The molecule has 0 heterocycles. The van der Waals surface area contributed by atoms with E-state index in [9.17, 15) is 28.3 Å². The van der Waals surface area contributed by atoms with Gasteiger partial charge in [0, 0.05) is 26.1 Å². The van der Waals surface area contributed by atoms with Gasteiger partial charge in [-0.25, -0.2) is 4.79 Å². The van der Waals surface area contributed by atoms with Gasteiger partial charge in [0.05, 0.1) is 6.04 Å². The summed E-state index contributed by atoms with van der Waals surface area (Å²) >= 11 is 0. The summed E-state index contributed by atoms with van der Waals surface area (Å²) in [4.78, 5) is 38.2. The molecule has 10 heteroatoms. The molecule has 0 saturated carbocycles. The first-order valence-electron chi connectivity index (χ1n) is 11.8. The number of aliphatic hydroxyl groups excluding tert-OH is 1. The Hall–Kier alpha value is -3.53. The van der Waals surface area contributed by atoms with E-state index in [4.69, 9.17) is 4.74 Å². The second-order valence-electron chi connectivity index (χ2n) is 8.14. The van der Waals surface area contributed by atoms with Gasteiger partial charge in [-0.3, -0.25) is 9.59 Å². The van der Waals surface area contributed by atoms with Crippen molar-refractivity contribution in [2.45, 2.75) is 51.4 Å². The topological polar surface area (TPSA) is 108 Å². The Morgan fingerprint density at radius 3 is 2.08 bits per heavy atom.